The van der Waals surface area contributed by atoms with Crippen molar-refractivity contribution in [2.75, 3.05) is 5.75 Å². The van der Waals surface area contributed by atoms with E-state index in [4.69, 9.17) is 4.74 Å². The number of esters is 1. The number of ether oxygens (including phenoxy) is 1. The van der Waals surface area contributed by atoms with Crippen molar-refractivity contribution in [1.29, 1.82) is 0 Å². The van der Waals surface area contributed by atoms with Gasteiger partial charge >= 0.3 is 5.97 Å². The molecule has 3 unspecified atom stereocenters. The van der Waals surface area contributed by atoms with Crippen LogP contribution in [-0.2, 0) is 9.53 Å². The molecule has 19 heavy (non-hydrogen) atoms. The number of carbonyl (C=O) groups excluding carboxylic acids is 1. The Hall–Kier alpha value is -0.960. The van der Waals surface area contributed by atoms with E-state index in [1.165, 1.54) is 24.2 Å². The lowest BCUT2D eigenvalue weighted by Gasteiger charge is -2.17. The van der Waals surface area contributed by atoms with Gasteiger partial charge in [-0.3, -0.25) is 4.79 Å². The maximum absolute atomic E-state index is 12.0. The normalized spacial score (nSPS) is 30.5. The van der Waals surface area contributed by atoms with E-state index in [9.17, 15) is 4.79 Å². The van der Waals surface area contributed by atoms with Crippen molar-refractivity contribution in [1.82, 2.24) is 0 Å². The molecule has 3 atom stereocenters. The fourth-order valence-corrected chi connectivity index (χ4v) is 4.32. The van der Waals surface area contributed by atoms with Gasteiger partial charge in [-0.2, -0.15) is 0 Å². The second-order valence-electron chi connectivity index (χ2n) is 5.51. The van der Waals surface area contributed by atoms with Gasteiger partial charge < -0.3 is 4.74 Å². The smallest absolute Gasteiger partial charge is 0.310 e. The van der Waals surface area contributed by atoms with Gasteiger partial charge in [-0.25, -0.2) is 0 Å². The van der Waals surface area contributed by atoms with E-state index in [2.05, 4.69) is 12.1 Å². The van der Waals surface area contributed by atoms with Gasteiger partial charge in [0.15, 0.2) is 0 Å². The molecule has 3 rings (SSSR count). The number of rotatable bonds is 3. The molecule has 1 aliphatic carbocycles. The minimum absolute atomic E-state index is 0.0420. The molecular formula is C16H20O2S. The molecule has 1 saturated heterocycles. The SMILES string of the molecule is O=C1OC2CCCCCC2C1CSc1ccccc1. The van der Waals surface area contributed by atoms with Crippen molar-refractivity contribution in [3.8, 4) is 0 Å². The van der Waals surface area contributed by atoms with Crippen LogP contribution in [0.5, 0.6) is 0 Å². The molecule has 1 aliphatic heterocycles. The first-order valence-electron chi connectivity index (χ1n) is 7.23. The van der Waals surface area contributed by atoms with E-state index in [1.807, 2.05) is 18.2 Å². The molecule has 0 radical (unpaired) electrons. The Kier molecular flexibility index (Phi) is 4.12. The summed E-state index contributed by atoms with van der Waals surface area (Å²) in [5.74, 6) is 1.48. The van der Waals surface area contributed by atoms with Gasteiger partial charge in [0.05, 0.1) is 5.92 Å². The summed E-state index contributed by atoms with van der Waals surface area (Å²) >= 11 is 1.78. The highest BCUT2D eigenvalue weighted by Gasteiger charge is 2.44. The average Bonchev–Trinajstić information content (AvgIpc) is 2.61. The molecule has 0 N–H and O–H groups in total. The first-order chi connectivity index (χ1) is 9.34. The van der Waals surface area contributed by atoms with Crippen LogP contribution < -0.4 is 0 Å². The zero-order chi connectivity index (χ0) is 13.1. The lowest BCUT2D eigenvalue weighted by atomic mass is 9.88. The summed E-state index contributed by atoms with van der Waals surface area (Å²) in [5.41, 5.74) is 0. The Morgan fingerprint density at radius 2 is 1.89 bits per heavy atom. The molecule has 2 nitrogen and oxygen atoms in total. The van der Waals surface area contributed by atoms with Crippen LogP contribution in [0.1, 0.15) is 32.1 Å². The zero-order valence-corrected chi connectivity index (χ0v) is 11.9. The number of thioether (sulfide) groups is 1. The van der Waals surface area contributed by atoms with Gasteiger partial charge in [0.2, 0.25) is 0 Å². The van der Waals surface area contributed by atoms with Crippen molar-refractivity contribution in [3.63, 3.8) is 0 Å². The molecule has 1 aromatic carbocycles. The van der Waals surface area contributed by atoms with Gasteiger partial charge in [-0.15, -0.1) is 11.8 Å². The number of hydrogen-bond acceptors (Lipinski definition) is 3. The van der Waals surface area contributed by atoms with Crippen LogP contribution in [0.25, 0.3) is 0 Å². The van der Waals surface area contributed by atoms with E-state index >= 15 is 0 Å². The maximum Gasteiger partial charge on any atom is 0.310 e. The van der Waals surface area contributed by atoms with Crippen molar-refractivity contribution < 1.29 is 9.53 Å². The molecule has 1 heterocycles. The van der Waals surface area contributed by atoms with Crippen molar-refractivity contribution in [3.05, 3.63) is 30.3 Å². The lowest BCUT2D eigenvalue weighted by Crippen LogP contribution is -2.21. The number of carbonyl (C=O) groups is 1. The molecule has 0 amide bonds. The van der Waals surface area contributed by atoms with E-state index in [-0.39, 0.29) is 18.0 Å². The maximum atomic E-state index is 12.0. The van der Waals surface area contributed by atoms with E-state index < -0.39 is 0 Å². The predicted octanol–water partition coefficient (Wildman–Crippen LogP) is 3.90. The van der Waals surface area contributed by atoms with Crippen LogP contribution in [0, 0.1) is 11.8 Å². The quantitative estimate of drug-likeness (QED) is 0.618. The van der Waals surface area contributed by atoms with Crippen LogP contribution in [0.15, 0.2) is 35.2 Å². The number of hydrogen-bond donors (Lipinski definition) is 0. The summed E-state index contributed by atoms with van der Waals surface area (Å²) in [7, 11) is 0. The van der Waals surface area contributed by atoms with Crippen molar-refractivity contribution in [2.45, 2.75) is 43.1 Å². The minimum atomic E-state index is 0.0420. The molecule has 1 saturated carbocycles. The van der Waals surface area contributed by atoms with Crippen LogP contribution in [-0.4, -0.2) is 17.8 Å². The summed E-state index contributed by atoms with van der Waals surface area (Å²) in [6.45, 7) is 0. The average molecular weight is 276 g/mol. The molecule has 102 valence electrons. The van der Waals surface area contributed by atoms with Crippen LogP contribution >= 0.6 is 11.8 Å². The lowest BCUT2D eigenvalue weighted by molar-refractivity contribution is -0.144. The molecule has 0 spiro atoms. The minimum Gasteiger partial charge on any atom is -0.462 e. The summed E-state index contributed by atoms with van der Waals surface area (Å²) in [6.07, 6.45) is 6.20. The fourth-order valence-electron chi connectivity index (χ4n) is 3.21. The number of fused-ring (bicyclic) bond motifs is 1. The second kappa shape index (κ2) is 6.00. The van der Waals surface area contributed by atoms with Gasteiger partial charge in [0.1, 0.15) is 6.10 Å². The van der Waals surface area contributed by atoms with E-state index in [1.54, 1.807) is 11.8 Å². The van der Waals surface area contributed by atoms with Gasteiger partial charge in [-0.1, -0.05) is 31.0 Å². The third kappa shape index (κ3) is 2.97. The predicted molar refractivity (Wildman–Crippen MR) is 77.1 cm³/mol. The van der Waals surface area contributed by atoms with Crippen LogP contribution in [0.2, 0.25) is 0 Å². The monoisotopic (exact) mass is 276 g/mol. The van der Waals surface area contributed by atoms with Crippen LogP contribution in [0.4, 0.5) is 0 Å². The Morgan fingerprint density at radius 3 is 2.74 bits per heavy atom. The highest BCUT2D eigenvalue weighted by atomic mass is 32.2. The van der Waals surface area contributed by atoms with E-state index in [0.29, 0.717) is 5.92 Å². The van der Waals surface area contributed by atoms with Crippen molar-refractivity contribution in [2.24, 2.45) is 11.8 Å². The topological polar surface area (TPSA) is 26.3 Å². The highest BCUT2D eigenvalue weighted by molar-refractivity contribution is 7.99. The third-order valence-corrected chi connectivity index (χ3v) is 5.39. The second-order valence-corrected chi connectivity index (χ2v) is 6.60. The summed E-state index contributed by atoms with van der Waals surface area (Å²) in [5, 5.41) is 0. The Bertz CT molecular complexity index is 432. The van der Waals surface area contributed by atoms with E-state index in [0.717, 1.165) is 18.6 Å². The first kappa shape index (κ1) is 13.0. The Labute approximate surface area is 118 Å². The molecule has 2 aliphatic rings. The largest absolute Gasteiger partial charge is 0.462 e. The van der Waals surface area contributed by atoms with Crippen molar-refractivity contribution >= 4 is 17.7 Å². The zero-order valence-electron chi connectivity index (χ0n) is 11.1. The standard InChI is InChI=1S/C16H20O2S/c17-16-14(11-19-12-7-3-1-4-8-12)13-9-5-2-6-10-15(13)18-16/h1,3-4,7-8,13-15H,2,5-6,9-11H2. The molecular weight excluding hydrogens is 256 g/mol. The van der Waals surface area contributed by atoms with Gasteiger partial charge in [0.25, 0.3) is 0 Å². The summed E-state index contributed by atoms with van der Waals surface area (Å²) < 4.78 is 5.59. The highest BCUT2D eigenvalue weighted by Crippen LogP contribution is 2.40. The van der Waals surface area contributed by atoms with Crippen LogP contribution in [0.3, 0.4) is 0 Å². The first-order valence-corrected chi connectivity index (χ1v) is 8.21. The Morgan fingerprint density at radius 1 is 1.11 bits per heavy atom. The summed E-state index contributed by atoms with van der Waals surface area (Å²) in [4.78, 5) is 13.3. The summed E-state index contributed by atoms with van der Waals surface area (Å²) in [6, 6.07) is 10.3. The fraction of sp³-hybridized carbons (Fsp3) is 0.562. The molecule has 2 fully saturated rings. The third-order valence-electron chi connectivity index (χ3n) is 4.26. The van der Waals surface area contributed by atoms with Gasteiger partial charge in [-0.05, 0) is 31.4 Å². The van der Waals surface area contributed by atoms with Gasteiger partial charge in [0, 0.05) is 16.6 Å². The molecule has 3 heteroatoms. The molecule has 0 aromatic heterocycles. The molecule has 0 bridgehead atoms. The Balaban J connectivity index is 1.64. The number of benzene rings is 1. The molecule has 1 aromatic rings.